The third-order valence-electron chi connectivity index (χ3n) is 8.95. The second-order valence-corrected chi connectivity index (χ2v) is 12.8. The predicted molar refractivity (Wildman–Crippen MR) is 173 cm³/mol. The van der Waals surface area contributed by atoms with E-state index in [4.69, 9.17) is 16.6 Å². The van der Waals surface area contributed by atoms with Crippen LogP contribution in [0.2, 0.25) is 5.02 Å². The molecule has 4 aromatic carbocycles. The van der Waals surface area contributed by atoms with Gasteiger partial charge >= 0.3 is 0 Å². The van der Waals surface area contributed by atoms with Crippen LogP contribution in [0.3, 0.4) is 0 Å². The summed E-state index contributed by atoms with van der Waals surface area (Å²) in [7, 11) is 0. The standard InChI is InChI=1S/C36H30ClN3O2S/c1-36(20-29-25-9-3-5-11-27(25)32(36)28-12-6-4-10-26(28)29)34(42)40-35-39-31(21-43-35)23-14-16-24(17-15-23)33(41)38-19-18-22-8-2-7-13-30(22)37/h2-17,21,29,32H,18-20H2,1H3,(H,38,41)(H,39,40,42). The molecule has 0 spiro atoms. The first-order valence-electron chi connectivity index (χ1n) is 14.5. The average Bonchev–Trinajstić information content (AvgIpc) is 3.50. The Bertz CT molecular complexity index is 1800. The van der Waals surface area contributed by atoms with Crippen LogP contribution in [0.4, 0.5) is 5.13 Å². The third kappa shape index (κ3) is 4.94. The van der Waals surface area contributed by atoms with E-state index in [0.29, 0.717) is 28.7 Å². The number of carbonyl (C=O) groups excluding carboxylic acids is 2. The van der Waals surface area contributed by atoms with Crippen LogP contribution in [-0.4, -0.2) is 23.3 Å². The van der Waals surface area contributed by atoms with Gasteiger partial charge < -0.3 is 10.6 Å². The number of nitrogens with one attached hydrogen (secondary N) is 2. The van der Waals surface area contributed by atoms with Gasteiger partial charge in [0.2, 0.25) is 5.91 Å². The van der Waals surface area contributed by atoms with Crippen molar-refractivity contribution in [1.29, 1.82) is 0 Å². The summed E-state index contributed by atoms with van der Waals surface area (Å²) in [6.45, 7) is 2.59. The first-order valence-corrected chi connectivity index (χ1v) is 15.7. The largest absolute Gasteiger partial charge is 0.352 e. The van der Waals surface area contributed by atoms with Gasteiger partial charge in [-0.2, -0.15) is 0 Å². The fourth-order valence-corrected chi connectivity index (χ4v) is 7.74. The zero-order valence-corrected chi connectivity index (χ0v) is 25.2. The normalized spacial score (nSPS) is 19.8. The summed E-state index contributed by atoms with van der Waals surface area (Å²) in [6, 6.07) is 32.1. The van der Waals surface area contributed by atoms with Crippen LogP contribution in [0, 0.1) is 5.41 Å². The first kappa shape index (κ1) is 27.6. The van der Waals surface area contributed by atoms with Gasteiger partial charge in [-0.3, -0.25) is 9.59 Å². The van der Waals surface area contributed by atoms with Crippen LogP contribution >= 0.6 is 22.9 Å². The molecule has 1 unspecified atom stereocenters. The molecule has 3 aliphatic carbocycles. The van der Waals surface area contributed by atoms with E-state index >= 15 is 0 Å². The minimum Gasteiger partial charge on any atom is -0.352 e. The topological polar surface area (TPSA) is 71.1 Å². The molecule has 5 aromatic rings. The zero-order valence-electron chi connectivity index (χ0n) is 23.6. The number of nitrogens with zero attached hydrogens (tertiary/aromatic N) is 1. The van der Waals surface area contributed by atoms with E-state index in [0.717, 1.165) is 23.2 Å². The van der Waals surface area contributed by atoms with Gasteiger partial charge in [-0.15, -0.1) is 11.3 Å². The number of rotatable bonds is 7. The highest BCUT2D eigenvalue weighted by molar-refractivity contribution is 7.14. The second-order valence-electron chi connectivity index (χ2n) is 11.5. The highest BCUT2D eigenvalue weighted by atomic mass is 35.5. The van der Waals surface area contributed by atoms with Crippen LogP contribution in [-0.2, 0) is 11.2 Å². The summed E-state index contributed by atoms with van der Waals surface area (Å²) in [4.78, 5) is 31.4. The minimum absolute atomic E-state index is 0.00350. The van der Waals surface area contributed by atoms with Crippen molar-refractivity contribution < 1.29 is 9.59 Å². The molecule has 0 saturated carbocycles. The lowest BCUT2D eigenvalue weighted by atomic mass is 9.52. The number of thiazole rings is 1. The Morgan fingerprint density at radius 3 is 2.19 bits per heavy atom. The van der Waals surface area contributed by atoms with Crippen molar-refractivity contribution in [2.75, 3.05) is 11.9 Å². The van der Waals surface area contributed by atoms with Crippen LogP contribution in [0.15, 0.2) is 102 Å². The summed E-state index contributed by atoms with van der Waals surface area (Å²) >= 11 is 7.63. The molecule has 2 N–H and O–H groups in total. The summed E-state index contributed by atoms with van der Waals surface area (Å²) in [5.41, 5.74) is 7.81. The molecule has 8 rings (SSSR count). The number of anilines is 1. The van der Waals surface area contributed by atoms with Crippen LogP contribution in [0.25, 0.3) is 11.3 Å². The lowest BCUT2D eigenvalue weighted by molar-refractivity contribution is -0.126. The molecule has 7 heteroatoms. The molecule has 3 aliphatic rings. The van der Waals surface area contributed by atoms with Gasteiger partial charge in [0.1, 0.15) is 0 Å². The Morgan fingerprint density at radius 1 is 0.884 bits per heavy atom. The first-order chi connectivity index (χ1) is 20.9. The Hall–Kier alpha value is -4.26. The molecule has 0 saturated heterocycles. The maximum absolute atomic E-state index is 14.0. The van der Waals surface area contributed by atoms with Crippen LogP contribution in [0.1, 0.15) is 63.4 Å². The van der Waals surface area contributed by atoms with Gasteiger partial charge in [-0.05, 0) is 65.8 Å². The van der Waals surface area contributed by atoms with Gasteiger partial charge in [0.05, 0.1) is 11.1 Å². The van der Waals surface area contributed by atoms with E-state index in [1.165, 1.54) is 33.6 Å². The molecule has 1 atom stereocenters. The van der Waals surface area contributed by atoms with E-state index < -0.39 is 5.41 Å². The number of hydrogen-bond donors (Lipinski definition) is 2. The molecule has 1 heterocycles. The summed E-state index contributed by atoms with van der Waals surface area (Å²) in [5, 5.41) is 9.33. The highest BCUT2D eigenvalue weighted by Crippen LogP contribution is 2.61. The van der Waals surface area contributed by atoms with E-state index in [2.05, 4.69) is 66.1 Å². The quantitative estimate of drug-likeness (QED) is 0.198. The molecule has 0 aliphatic heterocycles. The zero-order chi connectivity index (χ0) is 29.6. The third-order valence-corrected chi connectivity index (χ3v) is 10.1. The van der Waals surface area contributed by atoms with Crippen molar-refractivity contribution >= 4 is 39.9 Å². The van der Waals surface area contributed by atoms with Crippen LogP contribution < -0.4 is 10.6 Å². The van der Waals surface area contributed by atoms with E-state index in [-0.39, 0.29) is 23.7 Å². The van der Waals surface area contributed by atoms with Crippen molar-refractivity contribution in [3.8, 4) is 11.3 Å². The predicted octanol–water partition coefficient (Wildman–Crippen LogP) is 8.06. The Labute approximate surface area is 260 Å². The SMILES string of the molecule is CC1(C(=O)Nc2nc(-c3ccc(C(=O)NCCc4ccccc4Cl)cc3)cs2)CC2c3ccccc3C1c1ccccc12. The summed E-state index contributed by atoms with van der Waals surface area (Å²) in [6.07, 6.45) is 1.42. The molecular formula is C36H30ClN3O2S. The van der Waals surface area contributed by atoms with E-state index in [9.17, 15) is 9.59 Å². The van der Waals surface area contributed by atoms with E-state index in [1.807, 2.05) is 41.8 Å². The highest BCUT2D eigenvalue weighted by Gasteiger charge is 2.54. The molecule has 214 valence electrons. The van der Waals surface area contributed by atoms with Crippen LogP contribution in [0.5, 0.6) is 0 Å². The smallest absolute Gasteiger partial charge is 0.251 e. The molecule has 43 heavy (non-hydrogen) atoms. The van der Waals surface area contributed by atoms with Gasteiger partial charge in [-0.1, -0.05) is 90.5 Å². The molecule has 2 amide bonds. The summed E-state index contributed by atoms with van der Waals surface area (Å²) < 4.78 is 0. The maximum Gasteiger partial charge on any atom is 0.251 e. The monoisotopic (exact) mass is 603 g/mol. The number of halogens is 1. The molecule has 2 bridgehead atoms. The van der Waals surface area contributed by atoms with Crippen molar-refractivity contribution in [2.45, 2.75) is 31.6 Å². The number of carbonyl (C=O) groups is 2. The van der Waals surface area contributed by atoms with Gasteiger partial charge in [-0.25, -0.2) is 4.98 Å². The maximum atomic E-state index is 14.0. The fourth-order valence-electron chi connectivity index (χ4n) is 6.80. The number of hydrogen-bond acceptors (Lipinski definition) is 4. The molecule has 0 fully saturated rings. The minimum atomic E-state index is -0.597. The Balaban J connectivity index is 1.03. The number of aromatic nitrogens is 1. The molecule has 5 nitrogen and oxygen atoms in total. The van der Waals surface area contributed by atoms with Crippen molar-refractivity contribution in [1.82, 2.24) is 10.3 Å². The lowest BCUT2D eigenvalue weighted by Crippen LogP contribution is -2.47. The number of fused-ring (bicyclic) bond motifs is 1. The lowest BCUT2D eigenvalue weighted by Gasteiger charge is -2.50. The van der Waals surface area contributed by atoms with Gasteiger partial charge in [0.25, 0.3) is 5.91 Å². The van der Waals surface area contributed by atoms with Gasteiger partial charge in [0.15, 0.2) is 5.13 Å². The van der Waals surface area contributed by atoms with Crippen molar-refractivity contribution in [3.05, 3.63) is 141 Å². The Kier molecular flexibility index (Phi) is 7.12. The van der Waals surface area contributed by atoms with Crippen molar-refractivity contribution in [3.63, 3.8) is 0 Å². The molecule has 0 radical (unpaired) electrons. The molecular weight excluding hydrogens is 574 g/mol. The Morgan fingerprint density at radius 2 is 1.51 bits per heavy atom. The summed E-state index contributed by atoms with van der Waals surface area (Å²) in [5.74, 6) is 0.0544. The van der Waals surface area contributed by atoms with Crippen molar-refractivity contribution in [2.24, 2.45) is 5.41 Å². The molecule has 1 aromatic heterocycles. The number of benzene rings is 4. The second kappa shape index (κ2) is 11.1. The average molecular weight is 604 g/mol. The number of amides is 2. The fraction of sp³-hybridized carbons (Fsp3) is 0.194. The van der Waals surface area contributed by atoms with E-state index in [1.54, 1.807) is 12.1 Å². The van der Waals surface area contributed by atoms with Gasteiger partial charge in [0, 0.05) is 39.9 Å².